The van der Waals surface area contributed by atoms with E-state index in [4.69, 9.17) is 4.74 Å². The van der Waals surface area contributed by atoms with Crippen LogP contribution in [-0.2, 0) is 11.8 Å². The molecule has 1 heterocycles. The third-order valence-corrected chi connectivity index (χ3v) is 2.06. The molecule has 1 unspecified atom stereocenters. The minimum atomic E-state index is -0.837. The Morgan fingerprint density at radius 2 is 2.36 bits per heavy atom. The first-order chi connectivity index (χ1) is 6.61. The van der Waals surface area contributed by atoms with E-state index >= 15 is 0 Å². The monoisotopic (exact) mass is 198 g/mol. The van der Waals surface area contributed by atoms with Crippen molar-refractivity contribution in [3.8, 4) is 5.88 Å². The molecule has 0 saturated carbocycles. The zero-order chi connectivity index (χ0) is 10.7. The minimum Gasteiger partial charge on any atom is -0.481 e. The summed E-state index contributed by atoms with van der Waals surface area (Å²) < 4.78 is 6.63. The highest BCUT2D eigenvalue weighted by Crippen LogP contribution is 2.28. The molecule has 1 atom stereocenters. The molecular formula is C9H14N2O3. The second-order valence-corrected chi connectivity index (χ2v) is 3.05. The molecular weight excluding hydrogens is 184 g/mol. The summed E-state index contributed by atoms with van der Waals surface area (Å²) in [5.41, 5.74) is 1.26. The van der Waals surface area contributed by atoms with Gasteiger partial charge in [0.15, 0.2) is 0 Å². The first kappa shape index (κ1) is 10.7. The molecule has 0 radical (unpaired) electrons. The number of nitrogens with zero attached hydrogens (tertiary/aromatic N) is 2. The predicted octanol–water partition coefficient (Wildman–Crippen LogP) is 0.360. The number of aliphatic hydroxyl groups is 1. The molecule has 0 aliphatic carbocycles. The van der Waals surface area contributed by atoms with Gasteiger partial charge in [-0.05, 0) is 6.92 Å². The van der Waals surface area contributed by atoms with E-state index in [0.29, 0.717) is 23.4 Å². The average Bonchev–Trinajstić information content (AvgIpc) is 2.40. The van der Waals surface area contributed by atoms with Crippen molar-refractivity contribution in [3.05, 3.63) is 11.3 Å². The van der Waals surface area contributed by atoms with Crippen LogP contribution in [0.4, 0.5) is 0 Å². The number of carbonyl (C=O) groups excluding carboxylic acids is 1. The summed E-state index contributed by atoms with van der Waals surface area (Å²) in [5, 5.41) is 13.8. The van der Waals surface area contributed by atoms with Crippen LogP contribution in [-0.4, -0.2) is 28.3 Å². The van der Waals surface area contributed by atoms with E-state index in [1.165, 1.54) is 7.11 Å². The lowest BCUT2D eigenvalue weighted by Crippen LogP contribution is -2.02. The maximum absolute atomic E-state index is 10.3. The zero-order valence-corrected chi connectivity index (χ0v) is 8.52. The topological polar surface area (TPSA) is 64.3 Å². The van der Waals surface area contributed by atoms with Crippen molar-refractivity contribution in [1.82, 2.24) is 9.78 Å². The van der Waals surface area contributed by atoms with E-state index in [2.05, 4.69) is 5.10 Å². The van der Waals surface area contributed by atoms with Crippen molar-refractivity contribution in [2.75, 3.05) is 7.11 Å². The van der Waals surface area contributed by atoms with Gasteiger partial charge in [-0.1, -0.05) is 0 Å². The standard InChI is InChI=1S/C9H14N2O3/c1-6-8(7(13)4-5-12)9(14-3)11(2)10-6/h5,7,13H,4H2,1-3H3. The maximum atomic E-state index is 10.3. The molecule has 0 aromatic carbocycles. The van der Waals surface area contributed by atoms with Gasteiger partial charge < -0.3 is 14.6 Å². The van der Waals surface area contributed by atoms with Gasteiger partial charge in [0.1, 0.15) is 6.29 Å². The molecule has 0 spiro atoms. The molecule has 1 aromatic rings. The number of aliphatic hydroxyl groups excluding tert-OH is 1. The van der Waals surface area contributed by atoms with Crippen molar-refractivity contribution in [3.63, 3.8) is 0 Å². The van der Waals surface area contributed by atoms with E-state index in [9.17, 15) is 9.90 Å². The Kier molecular flexibility index (Phi) is 3.24. The highest BCUT2D eigenvalue weighted by Gasteiger charge is 2.20. The molecule has 1 aromatic heterocycles. The number of carbonyl (C=O) groups is 1. The number of aryl methyl sites for hydroxylation is 2. The first-order valence-corrected chi connectivity index (χ1v) is 4.31. The van der Waals surface area contributed by atoms with Gasteiger partial charge in [-0.15, -0.1) is 0 Å². The van der Waals surface area contributed by atoms with E-state index in [1.54, 1.807) is 18.7 Å². The number of ether oxygens (including phenoxy) is 1. The van der Waals surface area contributed by atoms with Crippen molar-refractivity contribution in [2.24, 2.45) is 7.05 Å². The highest BCUT2D eigenvalue weighted by atomic mass is 16.5. The van der Waals surface area contributed by atoms with Crippen LogP contribution in [0.25, 0.3) is 0 Å². The van der Waals surface area contributed by atoms with Gasteiger partial charge >= 0.3 is 0 Å². The number of aromatic nitrogens is 2. The lowest BCUT2D eigenvalue weighted by molar-refractivity contribution is -0.109. The van der Waals surface area contributed by atoms with Crippen LogP contribution in [0.15, 0.2) is 0 Å². The molecule has 0 aliphatic heterocycles. The predicted molar refractivity (Wildman–Crippen MR) is 50.1 cm³/mol. The number of rotatable bonds is 4. The fraction of sp³-hybridized carbons (Fsp3) is 0.556. The van der Waals surface area contributed by atoms with Crippen LogP contribution < -0.4 is 4.74 Å². The molecule has 5 heteroatoms. The normalized spacial score (nSPS) is 12.6. The van der Waals surface area contributed by atoms with Crippen LogP contribution in [0, 0.1) is 6.92 Å². The van der Waals surface area contributed by atoms with Crippen LogP contribution in [0.5, 0.6) is 5.88 Å². The van der Waals surface area contributed by atoms with Gasteiger partial charge in [0.05, 0.1) is 24.5 Å². The van der Waals surface area contributed by atoms with Crippen molar-refractivity contribution in [2.45, 2.75) is 19.4 Å². The van der Waals surface area contributed by atoms with Crippen LogP contribution in [0.2, 0.25) is 0 Å². The van der Waals surface area contributed by atoms with Crippen LogP contribution in [0.3, 0.4) is 0 Å². The lowest BCUT2D eigenvalue weighted by atomic mass is 10.1. The Labute approximate surface area is 82.3 Å². The second kappa shape index (κ2) is 4.23. The minimum absolute atomic E-state index is 0.0584. The maximum Gasteiger partial charge on any atom is 0.217 e. The smallest absolute Gasteiger partial charge is 0.217 e. The summed E-state index contributed by atoms with van der Waals surface area (Å²) in [5.74, 6) is 0.497. The molecule has 0 saturated heterocycles. The van der Waals surface area contributed by atoms with Gasteiger partial charge in [0, 0.05) is 13.5 Å². The number of methoxy groups -OCH3 is 1. The molecule has 0 fully saturated rings. The molecule has 78 valence electrons. The van der Waals surface area contributed by atoms with Gasteiger partial charge in [-0.2, -0.15) is 5.10 Å². The van der Waals surface area contributed by atoms with Crippen molar-refractivity contribution in [1.29, 1.82) is 0 Å². The Morgan fingerprint density at radius 1 is 1.71 bits per heavy atom. The Morgan fingerprint density at radius 3 is 2.86 bits per heavy atom. The number of aldehydes is 1. The molecule has 0 bridgehead atoms. The van der Waals surface area contributed by atoms with Gasteiger partial charge in [-0.25, -0.2) is 4.68 Å². The number of hydrogen-bond donors (Lipinski definition) is 1. The summed E-state index contributed by atoms with van der Waals surface area (Å²) in [4.78, 5) is 10.3. The second-order valence-electron chi connectivity index (χ2n) is 3.05. The molecule has 14 heavy (non-hydrogen) atoms. The van der Waals surface area contributed by atoms with Crippen LogP contribution in [0.1, 0.15) is 23.8 Å². The van der Waals surface area contributed by atoms with Gasteiger partial charge in [-0.3, -0.25) is 0 Å². The van der Waals surface area contributed by atoms with Gasteiger partial charge in [0.2, 0.25) is 5.88 Å². The summed E-state index contributed by atoms with van der Waals surface area (Å²) in [6.45, 7) is 1.77. The van der Waals surface area contributed by atoms with E-state index in [1.807, 2.05) is 0 Å². The molecule has 1 rings (SSSR count). The first-order valence-electron chi connectivity index (χ1n) is 4.31. The lowest BCUT2D eigenvalue weighted by Gasteiger charge is -2.08. The summed E-state index contributed by atoms with van der Waals surface area (Å²) in [6, 6.07) is 0. The summed E-state index contributed by atoms with van der Waals surface area (Å²) in [6.07, 6.45) is -0.101. The SMILES string of the molecule is COc1c(C(O)CC=O)c(C)nn1C. The average molecular weight is 198 g/mol. The fourth-order valence-corrected chi connectivity index (χ4v) is 1.49. The largest absolute Gasteiger partial charge is 0.481 e. The third-order valence-electron chi connectivity index (χ3n) is 2.06. The Balaban J connectivity index is 3.10. The zero-order valence-electron chi connectivity index (χ0n) is 8.52. The fourth-order valence-electron chi connectivity index (χ4n) is 1.49. The molecule has 0 amide bonds. The van der Waals surface area contributed by atoms with E-state index in [0.717, 1.165) is 0 Å². The van der Waals surface area contributed by atoms with Crippen molar-refractivity contribution < 1.29 is 14.6 Å². The Bertz CT molecular complexity index is 333. The summed E-state index contributed by atoms with van der Waals surface area (Å²) in [7, 11) is 3.23. The molecule has 5 nitrogen and oxygen atoms in total. The highest BCUT2D eigenvalue weighted by molar-refractivity contribution is 5.52. The quantitative estimate of drug-likeness (QED) is 0.709. The van der Waals surface area contributed by atoms with Gasteiger partial charge in [0.25, 0.3) is 0 Å². The molecule has 0 aliphatic rings. The number of hydrogen-bond acceptors (Lipinski definition) is 4. The van der Waals surface area contributed by atoms with Crippen LogP contribution >= 0.6 is 0 Å². The van der Waals surface area contributed by atoms with E-state index < -0.39 is 6.10 Å². The van der Waals surface area contributed by atoms with Crippen molar-refractivity contribution >= 4 is 6.29 Å². The Hall–Kier alpha value is -1.36. The molecule has 1 N–H and O–H groups in total. The summed E-state index contributed by atoms with van der Waals surface area (Å²) >= 11 is 0. The third kappa shape index (κ3) is 1.77. The van der Waals surface area contributed by atoms with E-state index in [-0.39, 0.29) is 6.42 Å².